The normalized spacial score (nSPS) is 13.7. The first-order valence-corrected chi connectivity index (χ1v) is 10.1. The fraction of sp³-hybridized carbons (Fsp3) is 0.125. The van der Waals surface area contributed by atoms with Crippen LogP contribution in [0.1, 0.15) is 21.5 Å². The molecule has 0 N–H and O–H groups in total. The third-order valence-corrected chi connectivity index (χ3v) is 5.52. The molecule has 3 aromatic carbocycles. The predicted octanol–water partition coefficient (Wildman–Crippen LogP) is 6.21. The summed E-state index contributed by atoms with van der Waals surface area (Å²) in [5.74, 6) is 2.16. The topological polar surface area (TPSA) is 54.0 Å². The second-order valence-electron chi connectivity index (χ2n) is 6.69. The number of carbonyl (C=O) groups excluding carboxylic acids is 1. The van der Waals surface area contributed by atoms with Gasteiger partial charge in [-0.3, -0.25) is 4.79 Å². The van der Waals surface area contributed by atoms with Crippen LogP contribution in [-0.4, -0.2) is 20.0 Å². The van der Waals surface area contributed by atoms with E-state index in [1.165, 1.54) is 0 Å². The zero-order chi connectivity index (χ0) is 22.0. The number of rotatable bonds is 6. The summed E-state index contributed by atoms with van der Waals surface area (Å²) < 4.78 is 22.3. The Morgan fingerprint density at radius 3 is 2.39 bits per heavy atom. The molecule has 31 heavy (non-hydrogen) atoms. The summed E-state index contributed by atoms with van der Waals surface area (Å²) >= 11 is 12.4. The monoisotopic (exact) mass is 456 g/mol. The van der Waals surface area contributed by atoms with Crippen molar-refractivity contribution in [2.75, 3.05) is 14.2 Å². The van der Waals surface area contributed by atoms with Gasteiger partial charge < -0.3 is 18.9 Å². The lowest BCUT2D eigenvalue weighted by atomic mass is 10.1. The van der Waals surface area contributed by atoms with E-state index < -0.39 is 0 Å². The van der Waals surface area contributed by atoms with E-state index in [2.05, 4.69) is 0 Å². The molecule has 1 heterocycles. The van der Waals surface area contributed by atoms with Crippen molar-refractivity contribution in [2.45, 2.75) is 6.61 Å². The SMILES string of the molecule is COc1ccc(OC)c(/C=C2\Oc3cc(OCc4c(Cl)cccc4Cl)ccc3C2=O)c1. The molecule has 158 valence electrons. The van der Waals surface area contributed by atoms with Crippen molar-refractivity contribution in [3.63, 3.8) is 0 Å². The highest BCUT2D eigenvalue weighted by Crippen LogP contribution is 2.37. The minimum absolute atomic E-state index is 0.188. The Hall–Kier alpha value is -3.15. The quantitative estimate of drug-likeness (QED) is 0.412. The van der Waals surface area contributed by atoms with Crippen LogP contribution in [-0.2, 0) is 6.61 Å². The summed E-state index contributed by atoms with van der Waals surface area (Å²) in [4.78, 5) is 12.8. The molecule has 0 fully saturated rings. The fourth-order valence-corrected chi connectivity index (χ4v) is 3.68. The molecule has 0 unspecified atom stereocenters. The van der Waals surface area contributed by atoms with Crippen molar-refractivity contribution >= 4 is 35.1 Å². The van der Waals surface area contributed by atoms with Crippen molar-refractivity contribution in [3.05, 3.63) is 87.1 Å². The third-order valence-electron chi connectivity index (χ3n) is 4.81. The minimum Gasteiger partial charge on any atom is -0.497 e. The van der Waals surface area contributed by atoms with Crippen LogP contribution in [0.15, 0.2) is 60.4 Å². The Balaban J connectivity index is 1.57. The first kappa shape index (κ1) is 21.1. The van der Waals surface area contributed by atoms with Gasteiger partial charge >= 0.3 is 0 Å². The Morgan fingerprint density at radius 2 is 1.68 bits per heavy atom. The number of methoxy groups -OCH3 is 2. The number of carbonyl (C=O) groups is 1. The van der Waals surface area contributed by atoms with E-state index in [9.17, 15) is 4.79 Å². The molecule has 0 aliphatic carbocycles. The molecule has 0 spiro atoms. The highest BCUT2D eigenvalue weighted by Gasteiger charge is 2.28. The minimum atomic E-state index is -0.222. The number of halogens is 2. The first-order chi connectivity index (χ1) is 15.0. The van der Waals surface area contributed by atoms with Crippen LogP contribution < -0.4 is 18.9 Å². The number of hydrogen-bond donors (Lipinski definition) is 0. The summed E-state index contributed by atoms with van der Waals surface area (Å²) in [6, 6.07) is 15.6. The molecule has 5 nitrogen and oxygen atoms in total. The van der Waals surface area contributed by atoms with Crippen LogP contribution in [0.5, 0.6) is 23.0 Å². The number of fused-ring (bicyclic) bond motifs is 1. The number of benzene rings is 3. The van der Waals surface area contributed by atoms with E-state index in [1.54, 1.807) is 74.9 Å². The molecule has 0 amide bonds. The average Bonchev–Trinajstić information content (AvgIpc) is 3.08. The summed E-state index contributed by atoms with van der Waals surface area (Å²) in [6.07, 6.45) is 1.63. The highest BCUT2D eigenvalue weighted by atomic mass is 35.5. The molecular formula is C24H18Cl2O5. The van der Waals surface area contributed by atoms with Gasteiger partial charge in [0.05, 0.1) is 19.8 Å². The summed E-state index contributed by atoms with van der Waals surface area (Å²) in [5, 5.41) is 1.05. The van der Waals surface area contributed by atoms with Gasteiger partial charge in [0.15, 0.2) is 5.76 Å². The van der Waals surface area contributed by atoms with Gasteiger partial charge in [0.1, 0.15) is 29.6 Å². The van der Waals surface area contributed by atoms with E-state index >= 15 is 0 Å². The van der Waals surface area contributed by atoms with Crippen molar-refractivity contribution in [1.82, 2.24) is 0 Å². The molecule has 0 saturated carbocycles. The molecule has 1 aliphatic heterocycles. The molecule has 0 radical (unpaired) electrons. The molecule has 7 heteroatoms. The van der Waals surface area contributed by atoms with E-state index in [1.807, 2.05) is 0 Å². The fourth-order valence-electron chi connectivity index (χ4n) is 3.18. The van der Waals surface area contributed by atoms with Crippen LogP contribution >= 0.6 is 23.2 Å². The zero-order valence-corrected chi connectivity index (χ0v) is 18.3. The second kappa shape index (κ2) is 8.92. The van der Waals surface area contributed by atoms with Gasteiger partial charge in [-0.05, 0) is 48.5 Å². The number of ether oxygens (including phenoxy) is 4. The van der Waals surface area contributed by atoms with E-state index in [4.69, 9.17) is 42.1 Å². The van der Waals surface area contributed by atoms with E-state index in [-0.39, 0.29) is 18.1 Å². The van der Waals surface area contributed by atoms with Crippen molar-refractivity contribution in [3.8, 4) is 23.0 Å². The Labute approximate surface area is 189 Å². The lowest BCUT2D eigenvalue weighted by molar-refractivity contribution is 0.101. The molecule has 4 rings (SSSR count). The lowest BCUT2D eigenvalue weighted by Gasteiger charge is -2.10. The summed E-state index contributed by atoms with van der Waals surface area (Å²) in [6.45, 7) is 0.189. The summed E-state index contributed by atoms with van der Waals surface area (Å²) in [5.41, 5.74) is 1.81. The van der Waals surface area contributed by atoms with Crippen LogP contribution in [0.2, 0.25) is 10.0 Å². The van der Waals surface area contributed by atoms with Crippen molar-refractivity contribution < 1.29 is 23.7 Å². The largest absolute Gasteiger partial charge is 0.497 e. The molecule has 0 aromatic heterocycles. The summed E-state index contributed by atoms with van der Waals surface area (Å²) in [7, 11) is 3.13. The van der Waals surface area contributed by atoms with Crippen LogP contribution in [0.3, 0.4) is 0 Å². The molecule has 0 bridgehead atoms. The average molecular weight is 457 g/mol. The number of Topliss-reactive ketones (excluding diaryl/α,β-unsaturated/α-hetero) is 1. The number of allylic oxidation sites excluding steroid dienone is 1. The Kier molecular flexibility index (Phi) is 6.07. The predicted molar refractivity (Wildman–Crippen MR) is 120 cm³/mol. The maximum atomic E-state index is 12.8. The lowest BCUT2D eigenvalue weighted by Crippen LogP contribution is -1.99. The standard InChI is InChI=1S/C24H18Cl2O5/c1-28-15-7-9-21(29-2)14(10-15)11-23-24(27)17-8-6-16(12-22(17)31-23)30-13-18-19(25)4-3-5-20(18)26/h3-12H,13H2,1-2H3/b23-11-. The van der Waals surface area contributed by atoms with Crippen LogP contribution in [0, 0.1) is 0 Å². The van der Waals surface area contributed by atoms with Gasteiger partial charge in [-0.2, -0.15) is 0 Å². The van der Waals surface area contributed by atoms with Crippen molar-refractivity contribution in [1.29, 1.82) is 0 Å². The smallest absolute Gasteiger partial charge is 0.231 e. The Morgan fingerprint density at radius 1 is 0.935 bits per heavy atom. The molecule has 1 aliphatic rings. The van der Waals surface area contributed by atoms with Crippen LogP contribution in [0.25, 0.3) is 6.08 Å². The van der Waals surface area contributed by atoms with Gasteiger partial charge in [0, 0.05) is 27.2 Å². The van der Waals surface area contributed by atoms with Crippen LogP contribution in [0.4, 0.5) is 0 Å². The van der Waals surface area contributed by atoms with Crippen molar-refractivity contribution in [2.24, 2.45) is 0 Å². The highest BCUT2D eigenvalue weighted by molar-refractivity contribution is 6.35. The van der Waals surface area contributed by atoms with E-state index in [0.717, 1.165) is 0 Å². The maximum absolute atomic E-state index is 12.8. The molecule has 0 atom stereocenters. The number of ketones is 1. The number of hydrogen-bond acceptors (Lipinski definition) is 5. The van der Waals surface area contributed by atoms with Gasteiger partial charge in [0.2, 0.25) is 5.78 Å². The molecule has 0 saturated heterocycles. The Bertz CT molecular complexity index is 1170. The van der Waals surface area contributed by atoms with Gasteiger partial charge in [-0.1, -0.05) is 29.3 Å². The molecular weight excluding hydrogens is 439 g/mol. The third kappa shape index (κ3) is 4.33. The van der Waals surface area contributed by atoms with E-state index in [0.29, 0.717) is 49.7 Å². The van der Waals surface area contributed by atoms with Gasteiger partial charge in [-0.15, -0.1) is 0 Å². The zero-order valence-electron chi connectivity index (χ0n) is 16.8. The van der Waals surface area contributed by atoms with Gasteiger partial charge in [-0.25, -0.2) is 0 Å². The molecule has 3 aromatic rings. The van der Waals surface area contributed by atoms with Gasteiger partial charge in [0.25, 0.3) is 0 Å². The maximum Gasteiger partial charge on any atom is 0.231 e. The second-order valence-corrected chi connectivity index (χ2v) is 7.51. The first-order valence-electron chi connectivity index (χ1n) is 9.36.